The standard InChI is InChI=1S/C23H21NO5S/c25-17-8-13-5-6-24-11-14-9-18-19(28-12-27-18)10-16(14)21(22(13)24)23(17)29-20(26)4-3-15-2-1-7-30-15/h1-4,7-10,17,21-23,25H,5-6,11-12H2/b4-3+/t17?,21?,22?,23-/m1/s1. The van der Waals surface area contributed by atoms with Gasteiger partial charge in [-0.25, -0.2) is 4.79 Å². The van der Waals surface area contributed by atoms with E-state index in [9.17, 15) is 9.90 Å². The van der Waals surface area contributed by atoms with Crippen molar-refractivity contribution < 1.29 is 24.1 Å². The summed E-state index contributed by atoms with van der Waals surface area (Å²) in [6, 6.07) is 8.06. The fourth-order valence-electron chi connectivity index (χ4n) is 5.18. The number of hydrogen-bond acceptors (Lipinski definition) is 7. The molecule has 7 heteroatoms. The smallest absolute Gasteiger partial charge is 0.331 e. The van der Waals surface area contributed by atoms with Crippen LogP contribution >= 0.6 is 11.3 Å². The van der Waals surface area contributed by atoms with Crippen LogP contribution in [0.3, 0.4) is 0 Å². The number of carbonyl (C=O) groups is 1. The number of fused-ring (bicyclic) bond motifs is 3. The molecule has 0 amide bonds. The van der Waals surface area contributed by atoms with Crippen LogP contribution < -0.4 is 9.47 Å². The molecule has 1 aromatic carbocycles. The summed E-state index contributed by atoms with van der Waals surface area (Å²) in [6.07, 6.45) is 4.51. The summed E-state index contributed by atoms with van der Waals surface area (Å²) in [6.45, 7) is 1.97. The van der Waals surface area contributed by atoms with Crippen LogP contribution in [-0.4, -0.2) is 47.6 Å². The molecular weight excluding hydrogens is 402 g/mol. The Kier molecular flexibility index (Phi) is 4.23. The lowest BCUT2D eigenvalue weighted by molar-refractivity contribution is -0.150. The molecule has 1 aliphatic carbocycles. The Morgan fingerprint density at radius 3 is 3.00 bits per heavy atom. The third-order valence-corrected chi connectivity index (χ3v) is 7.26. The lowest BCUT2D eigenvalue weighted by Gasteiger charge is -2.45. The molecule has 1 fully saturated rings. The molecule has 4 aliphatic rings. The summed E-state index contributed by atoms with van der Waals surface area (Å²) >= 11 is 1.55. The highest BCUT2D eigenvalue weighted by Gasteiger charge is 2.50. The van der Waals surface area contributed by atoms with Crippen LogP contribution in [0.5, 0.6) is 11.5 Å². The molecular formula is C23H21NO5S. The molecule has 6 rings (SSSR count). The number of ether oxygens (including phenoxy) is 3. The summed E-state index contributed by atoms with van der Waals surface area (Å²) in [5.41, 5.74) is 3.45. The predicted octanol–water partition coefficient (Wildman–Crippen LogP) is 3.07. The molecule has 0 bridgehead atoms. The number of carbonyl (C=O) groups excluding carboxylic acids is 1. The number of aliphatic hydroxyl groups is 1. The van der Waals surface area contributed by atoms with Crippen molar-refractivity contribution in [2.24, 2.45) is 0 Å². The van der Waals surface area contributed by atoms with Crippen molar-refractivity contribution in [2.45, 2.75) is 37.1 Å². The average molecular weight is 423 g/mol. The lowest BCUT2D eigenvalue weighted by Crippen LogP contribution is -2.51. The molecule has 1 N–H and O–H groups in total. The molecule has 2 aromatic rings. The predicted molar refractivity (Wildman–Crippen MR) is 111 cm³/mol. The zero-order chi connectivity index (χ0) is 20.2. The van der Waals surface area contributed by atoms with Gasteiger partial charge in [-0.1, -0.05) is 17.7 Å². The molecule has 3 unspecified atom stereocenters. The first kappa shape index (κ1) is 18.2. The van der Waals surface area contributed by atoms with E-state index < -0.39 is 18.2 Å². The van der Waals surface area contributed by atoms with Crippen molar-refractivity contribution >= 4 is 23.4 Å². The van der Waals surface area contributed by atoms with Crippen molar-refractivity contribution in [1.29, 1.82) is 0 Å². The molecule has 0 saturated carbocycles. The van der Waals surface area contributed by atoms with Crippen LogP contribution in [0.2, 0.25) is 0 Å². The van der Waals surface area contributed by atoms with Gasteiger partial charge in [-0.05, 0) is 47.2 Å². The highest BCUT2D eigenvalue weighted by molar-refractivity contribution is 7.10. The van der Waals surface area contributed by atoms with Crippen LogP contribution in [-0.2, 0) is 16.1 Å². The quantitative estimate of drug-likeness (QED) is 0.465. The van der Waals surface area contributed by atoms with Gasteiger partial charge >= 0.3 is 5.97 Å². The molecule has 1 saturated heterocycles. The number of esters is 1. The third kappa shape index (κ3) is 2.88. The molecule has 6 nitrogen and oxygen atoms in total. The van der Waals surface area contributed by atoms with Crippen LogP contribution in [0.25, 0.3) is 6.08 Å². The Hall–Kier alpha value is -2.61. The van der Waals surface area contributed by atoms with E-state index in [2.05, 4.69) is 4.90 Å². The van der Waals surface area contributed by atoms with E-state index in [0.717, 1.165) is 41.3 Å². The number of benzene rings is 1. The molecule has 4 heterocycles. The summed E-state index contributed by atoms with van der Waals surface area (Å²) in [4.78, 5) is 16.0. The summed E-state index contributed by atoms with van der Waals surface area (Å²) in [7, 11) is 0. The monoisotopic (exact) mass is 423 g/mol. The first-order valence-electron chi connectivity index (χ1n) is 10.1. The number of rotatable bonds is 3. The number of nitrogens with zero attached hydrogens (tertiary/aromatic N) is 1. The van der Waals surface area contributed by atoms with Gasteiger partial charge in [0.1, 0.15) is 12.2 Å². The summed E-state index contributed by atoms with van der Waals surface area (Å²) < 4.78 is 17.0. The topological polar surface area (TPSA) is 68.2 Å². The fourth-order valence-corrected chi connectivity index (χ4v) is 5.80. The minimum absolute atomic E-state index is 0.139. The highest BCUT2D eigenvalue weighted by atomic mass is 32.1. The molecule has 3 aliphatic heterocycles. The number of hydrogen-bond donors (Lipinski definition) is 1. The van der Waals surface area contributed by atoms with Crippen LogP contribution in [0, 0.1) is 0 Å². The van der Waals surface area contributed by atoms with Gasteiger partial charge in [0.05, 0.1) is 0 Å². The Labute approximate surface area is 178 Å². The second-order valence-corrected chi connectivity index (χ2v) is 9.06. The maximum Gasteiger partial charge on any atom is 0.331 e. The first-order valence-corrected chi connectivity index (χ1v) is 11.0. The molecule has 30 heavy (non-hydrogen) atoms. The van der Waals surface area contributed by atoms with Crippen molar-refractivity contribution in [2.75, 3.05) is 13.3 Å². The SMILES string of the molecule is O=C(/C=C/c1cccs1)O[C@@H]1C(O)C=C2CCN3Cc4cc5c(cc4C1C23)OCO5. The highest BCUT2D eigenvalue weighted by Crippen LogP contribution is 2.50. The van der Waals surface area contributed by atoms with Crippen LogP contribution in [0.15, 0.2) is 47.4 Å². The summed E-state index contributed by atoms with van der Waals surface area (Å²) in [5, 5.41) is 12.9. The molecule has 154 valence electrons. The Balaban J connectivity index is 1.36. The minimum Gasteiger partial charge on any atom is -0.455 e. The van der Waals surface area contributed by atoms with Gasteiger partial charge in [-0.3, -0.25) is 4.90 Å². The maximum absolute atomic E-state index is 12.6. The number of aliphatic hydroxyl groups excluding tert-OH is 1. The van der Waals surface area contributed by atoms with Crippen molar-refractivity contribution in [3.05, 3.63) is 63.4 Å². The lowest BCUT2D eigenvalue weighted by atomic mass is 9.73. The first-order chi connectivity index (χ1) is 14.7. The molecule has 4 atom stereocenters. The second kappa shape index (κ2) is 6.97. The van der Waals surface area contributed by atoms with Gasteiger partial charge in [-0.15, -0.1) is 11.3 Å². The zero-order valence-corrected chi connectivity index (χ0v) is 17.0. The van der Waals surface area contributed by atoms with E-state index >= 15 is 0 Å². The van der Waals surface area contributed by atoms with Crippen molar-refractivity contribution in [3.63, 3.8) is 0 Å². The van der Waals surface area contributed by atoms with E-state index in [1.54, 1.807) is 17.4 Å². The van der Waals surface area contributed by atoms with Gasteiger partial charge < -0.3 is 19.3 Å². The Morgan fingerprint density at radius 2 is 2.17 bits per heavy atom. The van der Waals surface area contributed by atoms with Gasteiger partial charge in [0.15, 0.2) is 11.5 Å². The second-order valence-electron chi connectivity index (χ2n) is 8.08. The van der Waals surface area contributed by atoms with Gasteiger partial charge in [0.25, 0.3) is 0 Å². The molecule has 1 aromatic heterocycles. The van der Waals surface area contributed by atoms with Gasteiger partial charge in [0, 0.05) is 36.0 Å². The largest absolute Gasteiger partial charge is 0.455 e. The van der Waals surface area contributed by atoms with Crippen molar-refractivity contribution in [1.82, 2.24) is 4.90 Å². The van der Waals surface area contributed by atoms with Crippen LogP contribution in [0.4, 0.5) is 0 Å². The zero-order valence-electron chi connectivity index (χ0n) is 16.2. The Bertz CT molecular complexity index is 1060. The number of thiophene rings is 1. The summed E-state index contributed by atoms with van der Waals surface area (Å²) in [5.74, 6) is 0.890. The maximum atomic E-state index is 12.6. The van der Waals surface area contributed by atoms with Crippen LogP contribution in [0.1, 0.15) is 28.3 Å². The van der Waals surface area contributed by atoms with E-state index in [1.807, 2.05) is 35.7 Å². The van der Waals surface area contributed by atoms with E-state index in [4.69, 9.17) is 14.2 Å². The van der Waals surface area contributed by atoms with Gasteiger partial charge in [-0.2, -0.15) is 0 Å². The minimum atomic E-state index is -0.836. The molecule has 0 radical (unpaired) electrons. The van der Waals surface area contributed by atoms with Crippen molar-refractivity contribution in [3.8, 4) is 11.5 Å². The van der Waals surface area contributed by atoms with E-state index in [0.29, 0.717) is 5.75 Å². The third-order valence-electron chi connectivity index (χ3n) is 6.42. The average Bonchev–Trinajstić information content (AvgIpc) is 3.48. The Morgan fingerprint density at radius 1 is 1.30 bits per heavy atom. The normalized spacial score (nSPS) is 28.9. The fraction of sp³-hybridized carbons (Fsp3) is 0.348. The van der Waals surface area contributed by atoms with E-state index in [1.165, 1.54) is 11.6 Å². The molecule has 0 spiro atoms. The van der Waals surface area contributed by atoms with E-state index in [-0.39, 0.29) is 18.8 Å². The van der Waals surface area contributed by atoms with Gasteiger partial charge in [0.2, 0.25) is 6.79 Å².